The second-order valence-electron chi connectivity index (χ2n) is 4.28. The Balaban J connectivity index is 2.37. The van der Waals surface area contributed by atoms with Crippen LogP contribution in [0, 0.1) is 10.1 Å². The summed E-state index contributed by atoms with van der Waals surface area (Å²) in [5.41, 5.74) is 0.496. The molecule has 0 heterocycles. The van der Waals surface area contributed by atoms with Crippen LogP contribution >= 0.6 is 15.9 Å². The van der Waals surface area contributed by atoms with Crippen molar-refractivity contribution >= 4 is 21.6 Å². The first kappa shape index (κ1) is 16.9. The Kier molecular flexibility index (Phi) is 6.41. The van der Waals surface area contributed by atoms with Crippen molar-refractivity contribution in [1.82, 2.24) is 5.32 Å². The molecule has 1 N–H and O–H groups in total. The maximum Gasteiger partial charge on any atom is 0.389 e. The molecule has 0 radical (unpaired) electrons. The lowest BCUT2D eigenvalue weighted by molar-refractivity contribution is -0.385. The first-order chi connectivity index (χ1) is 9.29. The average molecular weight is 355 g/mol. The third kappa shape index (κ3) is 6.33. The van der Waals surface area contributed by atoms with Crippen LogP contribution in [0.25, 0.3) is 0 Å². The van der Waals surface area contributed by atoms with E-state index >= 15 is 0 Å². The summed E-state index contributed by atoms with van der Waals surface area (Å²) in [7, 11) is 0. The predicted octanol–water partition coefficient (Wildman–Crippen LogP) is 4.18. The molecule has 1 aromatic rings. The quantitative estimate of drug-likeness (QED) is 0.454. The Morgan fingerprint density at radius 1 is 1.30 bits per heavy atom. The molecule has 0 aliphatic heterocycles. The van der Waals surface area contributed by atoms with E-state index in [9.17, 15) is 23.3 Å². The summed E-state index contributed by atoms with van der Waals surface area (Å²) in [5.74, 6) is 0. The number of hydrogen-bond acceptors (Lipinski definition) is 3. The molecule has 0 amide bonds. The van der Waals surface area contributed by atoms with Crippen LogP contribution in [0.2, 0.25) is 0 Å². The number of nitrogens with zero attached hydrogens (tertiary/aromatic N) is 1. The molecule has 0 aromatic heterocycles. The summed E-state index contributed by atoms with van der Waals surface area (Å²) in [4.78, 5) is 10.4. The van der Waals surface area contributed by atoms with Crippen LogP contribution in [0.3, 0.4) is 0 Å². The van der Waals surface area contributed by atoms with Gasteiger partial charge in [-0.2, -0.15) is 13.2 Å². The Hall–Kier alpha value is -1.15. The van der Waals surface area contributed by atoms with E-state index in [2.05, 4.69) is 21.2 Å². The van der Waals surface area contributed by atoms with Crippen molar-refractivity contribution in [3.63, 3.8) is 0 Å². The number of nitrogens with one attached hydrogen (secondary N) is 1. The van der Waals surface area contributed by atoms with Gasteiger partial charge >= 0.3 is 6.18 Å². The molecule has 1 aromatic carbocycles. The normalized spacial score (nSPS) is 11.6. The second kappa shape index (κ2) is 7.58. The third-order valence-corrected chi connectivity index (χ3v) is 3.12. The van der Waals surface area contributed by atoms with Crippen LogP contribution in [0.5, 0.6) is 0 Å². The first-order valence-corrected chi connectivity index (χ1v) is 6.79. The number of rotatable bonds is 7. The molecule has 0 unspecified atom stereocenters. The van der Waals surface area contributed by atoms with E-state index in [0.717, 1.165) is 0 Å². The highest BCUT2D eigenvalue weighted by atomic mass is 79.9. The predicted molar refractivity (Wildman–Crippen MR) is 72.4 cm³/mol. The van der Waals surface area contributed by atoms with Gasteiger partial charge in [0.15, 0.2) is 0 Å². The number of alkyl halides is 3. The Bertz CT molecular complexity index is 467. The topological polar surface area (TPSA) is 55.2 Å². The van der Waals surface area contributed by atoms with Crippen molar-refractivity contribution in [3.8, 4) is 0 Å². The molecule has 0 fully saturated rings. The van der Waals surface area contributed by atoms with Gasteiger partial charge in [-0.05, 0) is 31.5 Å². The summed E-state index contributed by atoms with van der Waals surface area (Å²) in [6.07, 6.45) is -4.49. The number of unbranched alkanes of at least 4 members (excludes halogenated alkanes) is 1. The standard InChI is InChI=1S/C12H14BrF3N2O2/c13-10-4-3-9(11(7-10)18(19)20)8-17-6-2-1-5-12(14,15)16/h3-4,7,17H,1-2,5-6,8H2. The van der Waals surface area contributed by atoms with Gasteiger partial charge in [-0.15, -0.1) is 0 Å². The van der Waals surface area contributed by atoms with Crippen LogP contribution in [-0.2, 0) is 6.54 Å². The second-order valence-corrected chi connectivity index (χ2v) is 5.19. The summed E-state index contributed by atoms with van der Waals surface area (Å²) in [6, 6.07) is 4.71. The minimum Gasteiger partial charge on any atom is -0.312 e. The molecule has 0 atom stereocenters. The van der Waals surface area contributed by atoms with E-state index in [1.807, 2.05) is 0 Å². The van der Waals surface area contributed by atoms with Gasteiger partial charge in [0.05, 0.1) is 4.92 Å². The number of hydrogen-bond donors (Lipinski definition) is 1. The highest BCUT2D eigenvalue weighted by Crippen LogP contribution is 2.24. The van der Waals surface area contributed by atoms with E-state index in [1.165, 1.54) is 6.07 Å². The SMILES string of the molecule is O=[N+]([O-])c1cc(Br)ccc1CNCCCCC(F)(F)F. The van der Waals surface area contributed by atoms with E-state index in [0.29, 0.717) is 23.0 Å². The molecule has 0 saturated heterocycles. The summed E-state index contributed by atoms with van der Waals surface area (Å²) < 4.78 is 36.3. The minimum absolute atomic E-state index is 0.0119. The van der Waals surface area contributed by atoms with E-state index in [1.54, 1.807) is 12.1 Å². The van der Waals surface area contributed by atoms with Crippen LogP contribution in [0.15, 0.2) is 22.7 Å². The van der Waals surface area contributed by atoms with Crippen LogP contribution in [0.4, 0.5) is 18.9 Å². The molecule has 0 aliphatic carbocycles. The van der Waals surface area contributed by atoms with Crippen LogP contribution in [-0.4, -0.2) is 17.6 Å². The van der Waals surface area contributed by atoms with Crippen molar-refractivity contribution in [1.29, 1.82) is 0 Å². The zero-order chi connectivity index (χ0) is 15.2. The van der Waals surface area contributed by atoms with Crippen molar-refractivity contribution in [2.75, 3.05) is 6.54 Å². The van der Waals surface area contributed by atoms with Crippen molar-refractivity contribution < 1.29 is 18.1 Å². The monoisotopic (exact) mass is 354 g/mol. The van der Waals surface area contributed by atoms with Gasteiger partial charge in [0.25, 0.3) is 5.69 Å². The molecule has 20 heavy (non-hydrogen) atoms. The van der Waals surface area contributed by atoms with E-state index in [4.69, 9.17) is 0 Å². The average Bonchev–Trinajstić information content (AvgIpc) is 2.33. The highest BCUT2D eigenvalue weighted by Gasteiger charge is 2.25. The van der Waals surface area contributed by atoms with Crippen molar-refractivity contribution in [3.05, 3.63) is 38.3 Å². The Morgan fingerprint density at radius 2 is 2.00 bits per heavy atom. The van der Waals surface area contributed by atoms with Gasteiger partial charge in [-0.25, -0.2) is 0 Å². The number of nitro groups is 1. The number of nitro benzene ring substituents is 1. The summed E-state index contributed by atoms with van der Waals surface area (Å²) in [5, 5.41) is 13.8. The van der Waals surface area contributed by atoms with Gasteiger partial charge in [0, 0.05) is 29.1 Å². The van der Waals surface area contributed by atoms with Crippen LogP contribution < -0.4 is 5.32 Å². The van der Waals surface area contributed by atoms with E-state index in [-0.39, 0.29) is 18.7 Å². The minimum atomic E-state index is -4.12. The maximum absolute atomic E-state index is 11.9. The zero-order valence-corrected chi connectivity index (χ0v) is 12.1. The Morgan fingerprint density at radius 3 is 2.60 bits per heavy atom. The fourth-order valence-corrected chi connectivity index (χ4v) is 2.00. The van der Waals surface area contributed by atoms with Crippen molar-refractivity contribution in [2.24, 2.45) is 0 Å². The number of benzene rings is 1. The fraction of sp³-hybridized carbons (Fsp3) is 0.500. The van der Waals surface area contributed by atoms with Gasteiger partial charge < -0.3 is 5.32 Å². The molecule has 8 heteroatoms. The van der Waals surface area contributed by atoms with Gasteiger partial charge in [-0.3, -0.25) is 10.1 Å². The lowest BCUT2D eigenvalue weighted by Crippen LogP contribution is -2.16. The third-order valence-electron chi connectivity index (χ3n) is 2.62. The fourth-order valence-electron chi connectivity index (χ4n) is 1.65. The highest BCUT2D eigenvalue weighted by molar-refractivity contribution is 9.10. The van der Waals surface area contributed by atoms with Crippen LogP contribution in [0.1, 0.15) is 24.8 Å². The van der Waals surface area contributed by atoms with E-state index < -0.39 is 17.5 Å². The molecular weight excluding hydrogens is 341 g/mol. The smallest absolute Gasteiger partial charge is 0.312 e. The van der Waals surface area contributed by atoms with Gasteiger partial charge in [-0.1, -0.05) is 15.9 Å². The Labute approximate surface area is 122 Å². The molecule has 0 saturated carbocycles. The number of halogens is 4. The first-order valence-electron chi connectivity index (χ1n) is 6.00. The van der Waals surface area contributed by atoms with Gasteiger partial charge in [0.1, 0.15) is 0 Å². The molecule has 1 rings (SSSR count). The molecule has 0 bridgehead atoms. The maximum atomic E-state index is 11.9. The molecular formula is C12H14BrF3N2O2. The lowest BCUT2D eigenvalue weighted by Gasteiger charge is -2.07. The van der Waals surface area contributed by atoms with Gasteiger partial charge in [0.2, 0.25) is 0 Å². The lowest BCUT2D eigenvalue weighted by atomic mass is 10.1. The summed E-state index contributed by atoms with van der Waals surface area (Å²) >= 11 is 3.15. The van der Waals surface area contributed by atoms with Crippen molar-refractivity contribution in [2.45, 2.75) is 32.0 Å². The zero-order valence-electron chi connectivity index (χ0n) is 10.5. The largest absolute Gasteiger partial charge is 0.389 e. The molecule has 112 valence electrons. The molecule has 0 spiro atoms. The molecule has 0 aliphatic rings. The summed E-state index contributed by atoms with van der Waals surface area (Å²) in [6.45, 7) is 0.652. The molecule has 4 nitrogen and oxygen atoms in total.